The Kier molecular flexibility index (Phi) is 6.14. The number of hydrogen-bond acceptors (Lipinski definition) is 7. The number of thiophene rings is 1. The second kappa shape index (κ2) is 9.12. The summed E-state index contributed by atoms with van der Waals surface area (Å²) in [6, 6.07) is 6.51. The molecular formula is C28H32ClN5O2S. The van der Waals surface area contributed by atoms with Gasteiger partial charge in [0.25, 0.3) is 0 Å². The monoisotopic (exact) mass is 537 g/mol. The molecule has 1 aromatic carbocycles. The van der Waals surface area contributed by atoms with Crippen molar-refractivity contribution in [1.29, 1.82) is 0 Å². The summed E-state index contributed by atoms with van der Waals surface area (Å²) in [4.78, 5) is 40.0. The third kappa shape index (κ3) is 4.09. The Hall–Kier alpha value is -2.39. The SMILES string of the molecule is CC[C@H]1CNCCN1Cc1c(C)cc(Cl)cc1-c1ncnc2cc(CN3C(=O)C4C(C3=O)C4(C)C)sc12. The Morgan fingerprint density at radius 1 is 1.14 bits per heavy atom. The van der Waals surface area contributed by atoms with E-state index in [0.717, 1.165) is 64.5 Å². The number of piperidine rings is 1. The minimum atomic E-state index is -0.203. The van der Waals surface area contributed by atoms with Crippen LogP contribution in [0.25, 0.3) is 21.5 Å². The average molecular weight is 538 g/mol. The minimum Gasteiger partial charge on any atom is -0.314 e. The first-order valence-corrected chi connectivity index (χ1v) is 14.2. The molecule has 0 spiro atoms. The van der Waals surface area contributed by atoms with Crippen molar-refractivity contribution in [2.24, 2.45) is 17.3 Å². The van der Waals surface area contributed by atoms with Crippen molar-refractivity contribution in [1.82, 2.24) is 25.1 Å². The number of imide groups is 1. The normalized spacial score (nSPS) is 25.2. The van der Waals surface area contributed by atoms with Gasteiger partial charge in [0.05, 0.1) is 34.3 Å². The minimum absolute atomic E-state index is 0.0435. The summed E-state index contributed by atoms with van der Waals surface area (Å²) in [5, 5.41) is 4.19. The van der Waals surface area contributed by atoms with Crippen molar-refractivity contribution in [3.05, 3.63) is 45.6 Å². The van der Waals surface area contributed by atoms with Crippen LogP contribution in [0.3, 0.4) is 0 Å². The maximum atomic E-state index is 12.9. The highest BCUT2D eigenvalue weighted by Gasteiger charge is 2.72. The Morgan fingerprint density at radius 2 is 1.89 bits per heavy atom. The fourth-order valence-electron chi connectivity index (χ4n) is 6.30. The van der Waals surface area contributed by atoms with Gasteiger partial charge in [-0.1, -0.05) is 32.4 Å². The number of hydrogen-bond donors (Lipinski definition) is 1. The van der Waals surface area contributed by atoms with Gasteiger partial charge in [0, 0.05) is 47.7 Å². The first-order chi connectivity index (χ1) is 17.7. The molecule has 6 rings (SSSR count). The standard InChI is InChI=1S/C28H32ClN5O2S/c1-5-17-11-30-6-7-33(17)13-20-15(2)8-16(29)9-19(20)24-25-21(31-14-32-24)10-18(37-25)12-34-26(35)22-23(27(34)36)28(22,3)4/h8-10,14,17,22-23,30H,5-7,11-13H2,1-4H3/t17-,22?,23?/m0/s1. The van der Waals surface area contributed by atoms with E-state index in [1.54, 1.807) is 17.7 Å². The summed E-state index contributed by atoms with van der Waals surface area (Å²) in [5.41, 5.74) is 4.88. The van der Waals surface area contributed by atoms with Gasteiger partial charge in [0.1, 0.15) is 6.33 Å². The number of aromatic nitrogens is 2. The zero-order valence-corrected chi connectivity index (χ0v) is 23.2. The molecule has 0 radical (unpaired) electrons. The van der Waals surface area contributed by atoms with Crippen LogP contribution >= 0.6 is 22.9 Å². The van der Waals surface area contributed by atoms with Crippen LogP contribution in [0.15, 0.2) is 24.5 Å². The molecule has 194 valence electrons. The summed E-state index contributed by atoms with van der Waals surface area (Å²) < 4.78 is 0.956. The van der Waals surface area contributed by atoms with Crippen molar-refractivity contribution in [3.8, 4) is 11.3 Å². The number of nitrogens with zero attached hydrogens (tertiary/aromatic N) is 4. The van der Waals surface area contributed by atoms with Gasteiger partial charge in [-0.05, 0) is 48.1 Å². The van der Waals surface area contributed by atoms with Crippen LogP contribution in [-0.2, 0) is 22.7 Å². The van der Waals surface area contributed by atoms with E-state index in [0.29, 0.717) is 17.6 Å². The van der Waals surface area contributed by atoms with E-state index in [1.807, 2.05) is 32.0 Å². The van der Waals surface area contributed by atoms with Crippen molar-refractivity contribution in [2.75, 3.05) is 19.6 Å². The number of nitrogens with one attached hydrogen (secondary N) is 1. The first-order valence-electron chi connectivity index (χ1n) is 13.0. The zero-order chi connectivity index (χ0) is 26.1. The Balaban J connectivity index is 1.35. The van der Waals surface area contributed by atoms with E-state index < -0.39 is 0 Å². The summed E-state index contributed by atoms with van der Waals surface area (Å²) >= 11 is 8.13. The fraction of sp³-hybridized carbons (Fsp3) is 0.500. The Labute approximate surface area is 226 Å². The highest BCUT2D eigenvalue weighted by molar-refractivity contribution is 7.19. The summed E-state index contributed by atoms with van der Waals surface area (Å²) in [6.45, 7) is 12.5. The Bertz CT molecular complexity index is 1400. The van der Waals surface area contributed by atoms with Crippen LogP contribution in [0.1, 0.15) is 43.2 Å². The van der Waals surface area contributed by atoms with E-state index in [4.69, 9.17) is 16.6 Å². The highest BCUT2D eigenvalue weighted by atomic mass is 35.5. The highest BCUT2D eigenvalue weighted by Crippen LogP contribution is 2.63. The molecule has 0 bridgehead atoms. The van der Waals surface area contributed by atoms with Crippen molar-refractivity contribution < 1.29 is 9.59 Å². The third-order valence-electron chi connectivity index (χ3n) is 8.57. The van der Waals surface area contributed by atoms with Gasteiger partial charge in [-0.3, -0.25) is 19.4 Å². The van der Waals surface area contributed by atoms with Gasteiger partial charge in [-0.15, -0.1) is 11.3 Å². The number of piperazine rings is 1. The molecule has 2 saturated heterocycles. The molecule has 3 fully saturated rings. The summed E-state index contributed by atoms with van der Waals surface area (Å²) in [7, 11) is 0. The molecule has 1 aliphatic carbocycles. The van der Waals surface area contributed by atoms with Crippen LogP contribution in [0.4, 0.5) is 0 Å². The number of fused-ring (bicyclic) bond motifs is 2. The van der Waals surface area contributed by atoms with Crippen LogP contribution in [0.2, 0.25) is 5.02 Å². The lowest BCUT2D eigenvalue weighted by Gasteiger charge is -2.36. The molecule has 37 heavy (non-hydrogen) atoms. The van der Waals surface area contributed by atoms with Crippen LogP contribution in [0.5, 0.6) is 0 Å². The smallest absolute Gasteiger partial charge is 0.234 e. The second-order valence-corrected chi connectivity index (χ2v) is 12.7. The number of rotatable bonds is 6. The van der Waals surface area contributed by atoms with Gasteiger partial charge >= 0.3 is 0 Å². The van der Waals surface area contributed by atoms with Crippen molar-refractivity contribution in [2.45, 2.75) is 53.2 Å². The Morgan fingerprint density at radius 3 is 2.62 bits per heavy atom. The lowest BCUT2D eigenvalue weighted by molar-refractivity contribution is -0.143. The first kappa shape index (κ1) is 24.9. The van der Waals surface area contributed by atoms with Gasteiger partial charge in [0.15, 0.2) is 0 Å². The van der Waals surface area contributed by atoms with Gasteiger partial charge in [-0.2, -0.15) is 0 Å². The number of carbonyl (C=O) groups excluding carboxylic acids is 2. The number of aryl methyl sites for hydroxylation is 1. The molecule has 2 unspecified atom stereocenters. The topological polar surface area (TPSA) is 78.4 Å². The maximum absolute atomic E-state index is 12.9. The number of halogens is 1. The molecule has 9 heteroatoms. The van der Waals surface area contributed by atoms with Crippen LogP contribution in [0, 0.1) is 24.2 Å². The van der Waals surface area contributed by atoms with E-state index >= 15 is 0 Å². The number of likely N-dealkylation sites (tertiary alicyclic amines) is 1. The third-order valence-corrected chi connectivity index (χ3v) is 9.90. The molecule has 3 aromatic rings. The van der Waals surface area contributed by atoms with E-state index in [1.165, 1.54) is 10.5 Å². The molecule has 4 heterocycles. The van der Waals surface area contributed by atoms with Crippen LogP contribution in [-0.4, -0.2) is 57.3 Å². The lowest BCUT2D eigenvalue weighted by atomic mass is 9.97. The van der Waals surface area contributed by atoms with E-state index in [9.17, 15) is 9.59 Å². The molecule has 3 aliphatic rings. The number of benzene rings is 1. The van der Waals surface area contributed by atoms with Crippen molar-refractivity contribution in [3.63, 3.8) is 0 Å². The molecule has 1 N–H and O–H groups in total. The summed E-state index contributed by atoms with van der Waals surface area (Å²) in [6.07, 6.45) is 2.69. The molecular weight excluding hydrogens is 506 g/mol. The quantitative estimate of drug-likeness (QED) is 0.461. The molecule has 2 aromatic heterocycles. The van der Waals surface area contributed by atoms with E-state index in [-0.39, 0.29) is 29.1 Å². The van der Waals surface area contributed by atoms with Gasteiger partial charge in [0.2, 0.25) is 11.8 Å². The second-order valence-electron chi connectivity index (χ2n) is 11.2. The van der Waals surface area contributed by atoms with Gasteiger partial charge in [-0.25, -0.2) is 9.97 Å². The van der Waals surface area contributed by atoms with Gasteiger partial charge < -0.3 is 5.32 Å². The van der Waals surface area contributed by atoms with Crippen LogP contribution < -0.4 is 5.32 Å². The molecule has 2 aliphatic heterocycles. The molecule has 7 nitrogen and oxygen atoms in total. The number of carbonyl (C=O) groups is 2. The summed E-state index contributed by atoms with van der Waals surface area (Å²) in [5.74, 6) is -0.423. The lowest BCUT2D eigenvalue weighted by Crippen LogP contribution is -2.50. The average Bonchev–Trinajstić information content (AvgIpc) is 3.11. The number of amides is 2. The fourth-order valence-corrected chi connectivity index (χ4v) is 7.67. The predicted molar refractivity (Wildman–Crippen MR) is 146 cm³/mol. The maximum Gasteiger partial charge on any atom is 0.234 e. The molecule has 3 atom stereocenters. The molecule has 2 amide bonds. The zero-order valence-electron chi connectivity index (χ0n) is 21.7. The molecule has 1 saturated carbocycles. The largest absolute Gasteiger partial charge is 0.314 e. The van der Waals surface area contributed by atoms with Crippen molar-refractivity contribution >= 4 is 45.0 Å². The predicted octanol–water partition coefficient (Wildman–Crippen LogP) is 4.64. The van der Waals surface area contributed by atoms with E-state index in [2.05, 4.69) is 29.0 Å².